The second-order valence-electron chi connectivity index (χ2n) is 10.7. The van der Waals surface area contributed by atoms with E-state index >= 15 is 0 Å². The fourth-order valence-corrected chi connectivity index (χ4v) is 9.86. The van der Waals surface area contributed by atoms with Gasteiger partial charge in [-0.25, -0.2) is 0 Å². The van der Waals surface area contributed by atoms with Crippen molar-refractivity contribution in [2.24, 2.45) is 5.92 Å². The van der Waals surface area contributed by atoms with Gasteiger partial charge in [-0.2, -0.15) is 0 Å². The van der Waals surface area contributed by atoms with Crippen molar-refractivity contribution in [3.8, 4) is 5.75 Å². The van der Waals surface area contributed by atoms with Crippen molar-refractivity contribution in [3.63, 3.8) is 0 Å². The van der Waals surface area contributed by atoms with E-state index in [2.05, 4.69) is 38.1 Å². The lowest BCUT2D eigenvalue weighted by atomic mass is 9.82. The first-order valence-electron chi connectivity index (χ1n) is 13.1. The largest absolute Gasteiger partial charge is 0.496 e. The Morgan fingerprint density at radius 3 is 1.89 bits per heavy atom. The molecule has 0 saturated heterocycles. The fourth-order valence-electron chi connectivity index (χ4n) is 6.03. The summed E-state index contributed by atoms with van der Waals surface area (Å²) in [4.78, 5) is 12.5. The molecule has 5 heteroatoms. The number of hydrogen-bond acceptors (Lipinski definition) is 4. The third-order valence-electron chi connectivity index (χ3n) is 7.96. The molecular formula is C31H40O4Si. The summed E-state index contributed by atoms with van der Waals surface area (Å²) in [6.07, 6.45) is 4.76. The monoisotopic (exact) mass is 504 g/mol. The Balaban J connectivity index is 1.45. The zero-order valence-electron chi connectivity index (χ0n) is 21.8. The number of rotatable bonds is 10. The molecule has 4 nitrogen and oxygen atoms in total. The Hall–Kier alpha value is -2.44. The Labute approximate surface area is 217 Å². The van der Waals surface area contributed by atoms with Crippen LogP contribution in [0.15, 0.2) is 84.9 Å². The topological polar surface area (TPSA) is 58.9 Å². The SMILES string of the molecule is COc1ccccc1C(CO)OC1CCC(CC(C)(C)[Si](O)(c2ccccc2)c2ccccc2)CC1. The van der Waals surface area contributed by atoms with Gasteiger partial charge in [0.05, 0.1) is 19.8 Å². The Morgan fingerprint density at radius 2 is 1.36 bits per heavy atom. The molecule has 1 aliphatic carbocycles. The lowest BCUT2D eigenvalue weighted by Crippen LogP contribution is -2.65. The average Bonchev–Trinajstić information content (AvgIpc) is 2.93. The minimum atomic E-state index is -3.00. The number of methoxy groups -OCH3 is 1. The molecule has 1 atom stereocenters. The van der Waals surface area contributed by atoms with Gasteiger partial charge in [0, 0.05) is 5.56 Å². The van der Waals surface area contributed by atoms with Crippen LogP contribution in [0, 0.1) is 5.92 Å². The smallest absolute Gasteiger partial charge is 0.258 e. The summed E-state index contributed by atoms with van der Waals surface area (Å²) in [6.45, 7) is 4.44. The number of aliphatic hydroxyl groups excluding tert-OH is 1. The maximum Gasteiger partial charge on any atom is 0.258 e. The lowest BCUT2D eigenvalue weighted by molar-refractivity contribution is -0.0618. The van der Waals surface area contributed by atoms with Crippen molar-refractivity contribution in [1.29, 1.82) is 0 Å². The molecule has 1 aliphatic rings. The first-order chi connectivity index (χ1) is 17.4. The van der Waals surface area contributed by atoms with E-state index in [1.807, 2.05) is 60.7 Å². The van der Waals surface area contributed by atoms with E-state index in [0.29, 0.717) is 5.92 Å². The minimum Gasteiger partial charge on any atom is -0.496 e. The third kappa shape index (κ3) is 5.60. The predicted molar refractivity (Wildman–Crippen MR) is 148 cm³/mol. The number of benzene rings is 3. The fraction of sp³-hybridized carbons (Fsp3) is 0.419. The van der Waals surface area contributed by atoms with Crippen molar-refractivity contribution in [2.75, 3.05) is 13.7 Å². The first-order valence-corrected chi connectivity index (χ1v) is 15.1. The van der Waals surface area contributed by atoms with Crippen molar-refractivity contribution < 1.29 is 19.4 Å². The van der Waals surface area contributed by atoms with Crippen LogP contribution >= 0.6 is 0 Å². The van der Waals surface area contributed by atoms with Crippen molar-refractivity contribution >= 4 is 18.7 Å². The molecule has 4 rings (SSSR count). The highest BCUT2D eigenvalue weighted by molar-refractivity contribution is 6.98. The number of para-hydroxylation sites is 1. The van der Waals surface area contributed by atoms with E-state index in [0.717, 1.165) is 53.8 Å². The summed E-state index contributed by atoms with van der Waals surface area (Å²) in [5.74, 6) is 1.28. The molecule has 1 saturated carbocycles. The zero-order valence-corrected chi connectivity index (χ0v) is 22.8. The zero-order chi connectivity index (χ0) is 25.6. The van der Waals surface area contributed by atoms with Gasteiger partial charge >= 0.3 is 0 Å². The van der Waals surface area contributed by atoms with Gasteiger partial charge < -0.3 is 19.4 Å². The van der Waals surface area contributed by atoms with Gasteiger partial charge in [-0.1, -0.05) is 92.7 Å². The standard InChI is InChI=1S/C31H40O4Si/c1-31(2,36(33,26-12-6-4-7-13-26)27-14-8-5-9-15-27)22-24-18-20-25(21-19-24)35-30(23-32)28-16-10-11-17-29(28)34-3/h4-17,24-25,30,32-33H,18-23H2,1-3H3. The molecule has 1 fully saturated rings. The Bertz CT molecular complexity index is 1040. The summed E-state index contributed by atoms with van der Waals surface area (Å²) >= 11 is 0. The summed E-state index contributed by atoms with van der Waals surface area (Å²) in [5, 5.41) is 11.9. The van der Waals surface area contributed by atoms with Gasteiger partial charge in [0.1, 0.15) is 11.9 Å². The van der Waals surface area contributed by atoms with Crippen molar-refractivity contribution in [2.45, 2.75) is 63.2 Å². The van der Waals surface area contributed by atoms with Crippen molar-refractivity contribution in [1.82, 2.24) is 0 Å². The van der Waals surface area contributed by atoms with Gasteiger partial charge in [-0.3, -0.25) is 0 Å². The predicted octanol–water partition coefficient (Wildman–Crippen LogP) is 5.23. The molecule has 0 heterocycles. The summed E-state index contributed by atoms with van der Waals surface area (Å²) in [6, 6.07) is 28.3. The maximum atomic E-state index is 12.5. The van der Waals surface area contributed by atoms with Crippen LogP contribution in [-0.2, 0) is 4.74 Å². The van der Waals surface area contributed by atoms with Gasteiger partial charge in [0.25, 0.3) is 8.32 Å². The van der Waals surface area contributed by atoms with Gasteiger partial charge in [-0.05, 0) is 59.5 Å². The molecule has 36 heavy (non-hydrogen) atoms. The molecule has 1 unspecified atom stereocenters. The highest BCUT2D eigenvalue weighted by Gasteiger charge is 2.50. The molecule has 0 bridgehead atoms. The van der Waals surface area contributed by atoms with E-state index < -0.39 is 8.32 Å². The van der Waals surface area contributed by atoms with E-state index in [1.165, 1.54) is 0 Å². The minimum absolute atomic E-state index is 0.0693. The van der Waals surface area contributed by atoms with Crippen LogP contribution in [-0.4, -0.2) is 38.0 Å². The maximum absolute atomic E-state index is 12.5. The van der Waals surface area contributed by atoms with Gasteiger partial charge in [-0.15, -0.1) is 0 Å². The van der Waals surface area contributed by atoms with E-state index in [1.54, 1.807) is 7.11 Å². The molecule has 0 aliphatic heterocycles. The first kappa shape index (κ1) is 26.6. The van der Waals surface area contributed by atoms with Crippen LogP contribution < -0.4 is 15.1 Å². The molecule has 0 radical (unpaired) electrons. The summed E-state index contributed by atoms with van der Waals surface area (Å²) in [7, 11) is -1.35. The van der Waals surface area contributed by atoms with Crippen molar-refractivity contribution in [3.05, 3.63) is 90.5 Å². The molecule has 0 aromatic heterocycles. The highest BCUT2D eigenvalue weighted by Crippen LogP contribution is 2.45. The van der Waals surface area contributed by atoms with Crippen LogP contribution in [0.2, 0.25) is 5.04 Å². The van der Waals surface area contributed by atoms with Crippen LogP contribution in [0.5, 0.6) is 5.75 Å². The highest BCUT2D eigenvalue weighted by atomic mass is 28.4. The van der Waals surface area contributed by atoms with Gasteiger partial charge in [0.15, 0.2) is 0 Å². The average molecular weight is 505 g/mol. The van der Waals surface area contributed by atoms with E-state index in [4.69, 9.17) is 9.47 Å². The van der Waals surface area contributed by atoms with Crippen LogP contribution in [0.25, 0.3) is 0 Å². The second-order valence-corrected chi connectivity index (χ2v) is 14.7. The molecule has 0 amide bonds. The third-order valence-corrected chi connectivity index (χ3v) is 12.5. The Morgan fingerprint density at radius 1 is 0.833 bits per heavy atom. The molecule has 0 spiro atoms. The quantitative estimate of drug-likeness (QED) is 0.372. The lowest BCUT2D eigenvalue weighted by Gasteiger charge is -2.44. The van der Waals surface area contributed by atoms with Gasteiger partial charge in [0.2, 0.25) is 0 Å². The second kappa shape index (κ2) is 11.7. The Kier molecular flexibility index (Phi) is 8.68. The molecule has 2 N–H and O–H groups in total. The number of aliphatic hydroxyl groups is 1. The normalized spacial score (nSPS) is 19.6. The molecular weight excluding hydrogens is 464 g/mol. The van der Waals surface area contributed by atoms with E-state index in [-0.39, 0.29) is 23.9 Å². The van der Waals surface area contributed by atoms with Crippen LogP contribution in [0.4, 0.5) is 0 Å². The summed E-state index contributed by atoms with van der Waals surface area (Å²) in [5.41, 5.74) is 0.896. The molecule has 192 valence electrons. The van der Waals surface area contributed by atoms with E-state index in [9.17, 15) is 9.90 Å². The summed E-state index contributed by atoms with van der Waals surface area (Å²) < 4.78 is 11.9. The van der Waals surface area contributed by atoms with Crippen LogP contribution in [0.3, 0.4) is 0 Å². The number of ether oxygens (including phenoxy) is 2. The molecule has 3 aromatic carbocycles. The molecule has 3 aromatic rings. The number of hydrogen-bond donors (Lipinski definition) is 2. The van der Waals surface area contributed by atoms with Crippen LogP contribution in [0.1, 0.15) is 57.6 Å².